The summed E-state index contributed by atoms with van der Waals surface area (Å²) < 4.78 is 0. The van der Waals surface area contributed by atoms with Crippen molar-refractivity contribution in [2.75, 3.05) is 16.4 Å². The quantitative estimate of drug-likeness (QED) is 0.308. The second-order valence-corrected chi connectivity index (χ2v) is 9.78. The molecule has 0 aliphatic rings. The molecule has 0 unspecified atom stereocenters. The predicted molar refractivity (Wildman–Crippen MR) is 132 cm³/mol. The monoisotopic (exact) mass is 528 g/mol. The lowest BCUT2D eigenvalue weighted by Gasteiger charge is -2.12. The predicted octanol–water partition coefficient (Wildman–Crippen LogP) is 6.53. The van der Waals surface area contributed by atoms with Gasteiger partial charge in [-0.1, -0.05) is 34.8 Å². The van der Waals surface area contributed by atoms with Crippen molar-refractivity contribution in [3.8, 4) is 0 Å². The number of carboxylic acids is 1. The van der Waals surface area contributed by atoms with E-state index in [1.807, 2.05) is 0 Å². The first kappa shape index (κ1) is 24.4. The number of thioether (sulfide) groups is 1. The zero-order valence-electron chi connectivity index (χ0n) is 16.2. The number of carbonyl (C=O) groups is 3. The van der Waals surface area contributed by atoms with Gasteiger partial charge in [0.05, 0.1) is 22.0 Å². The number of aliphatic carboxylic acids is 1. The fraction of sp³-hybridized carbons (Fsp3) is 0.0952. The Morgan fingerprint density at radius 1 is 0.906 bits per heavy atom. The van der Waals surface area contributed by atoms with E-state index in [9.17, 15) is 14.4 Å². The Morgan fingerprint density at radius 2 is 1.59 bits per heavy atom. The van der Waals surface area contributed by atoms with Crippen LogP contribution >= 0.6 is 57.9 Å². The van der Waals surface area contributed by atoms with Crippen LogP contribution in [-0.2, 0) is 10.5 Å². The van der Waals surface area contributed by atoms with Crippen molar-refractivity contribution in [3.63, 3.8) is 0 Å². The van der Waals surface area contributed by atoms with Gasteiger partial charge in [-0.05, 0) is 48.5 Å². The largest absolute Gasteiger partial charge is 0.481 e. The smallest absolute Gasteiger partial charge is 0.313 e. The number of carboxylic acid groups (broad SMARTS) is 1. The third-order valence-electron chi connectivity index (χ3n) is 3.99. The summed E-state index contributed by atoms with van der Waals surface area (Å²) in [5, 5.41) is 15.3. The molecule has 0 saturated carbocycles. The molecule has 3 N–H and O–H groups in total. The molecule has 1 heterocycles. The number of hydrogen-bond donors (Lipinski definition) is 3. The molecule has 6 nitrogen and oxygen atoms in total. The maximum Gasteiger partial charge on any atom is 0.313 e. The van der Waals surface area contributed by atoms with Gasteiger partial charge in [-0.25, -0.2) is 0 Å². The van der Waals surface area contributed by atoms with E-state index in [4.69, 9.17) is 39.9 Å². The Hall–Kier alpha value is -2.23. The van der Waals surface area contributed by atoms with Crippen LogP contribution in [0.5, 0.6) is 0 Å². The normalized spacial score (nSPS) is 10.6. The molecule has 0 fully saturated rings. The highest BCUT2D eigenvalue weighted by molar-refractivity contribution is 7.99. The van der Waals surface area contributed by atoms with Crippen molar-refractivity contribution in [3.05, 3.63) is 78.9 Å². The highest BCUT2D eigenvalue weighted by atomic mass is 35.5. The summed E-state index contributed by atoms with van der Waals surface area (Å²) in [7, 11) is 0. The van der Waals surface area contributed by atoms with Gasteiger partial charge in [-0.2, -0.15) is 0 Å². The number of rotatable bonds is 8. The molecule has 3 aromatic rings. The Bertz CT molecular complexity index is 1170. The van der Waals surface area contributed by atoms with E-state index in [0.717, 1.165) is 16.2 Å². The number of benzene rings is 2. The Labute approximate surface area is 206 Å². The van der Waals surface area contributed by atoms with E-state index < -0.39 is 17.8 Å². The van der Waals surface area contributed by atoms with Gasteiger partial charge in [0.25, 0.3) is 11.8 Å². The van der Waals surface area contributed by atoms with Gasteiger partial charge in [-0.15, -0.1) is 23.1 Å². The molecule has 0 radical (unpaired) electrons. The molecule has 0 atom stereocenters. The highest BCUT2D eigenvalue weighted by Gasteiger charge is 2.19. The minimum absolute atomic E-state index is 0.0477. The lowest BCUT2D eigenvalue weighted by Crippen LogP contribution is -2.18. The third-order valence-corrected chi connectivity index (χ3v) is 7.17. The van der Waals surface area contributed by atoms with Crippen molar-refractivity contribution >= 4 is 87.1 Å². The van der Waals surface area contributed by atoms with Crippen molar-refractivity contribution in [2.24, 2.45) is 0 Å². The van der Waals surface area contributed by atoms with Gasteiger partial charge in [0.15, 0.2) is 0 Å². The summed E-state index contributed by atoms with van der Waals surface area (Å²) in [6.07, 6.45) is 0. The Morgan fingerprint density at radius 3 is 2.28 bits per heavy atom. The maximum atomic E-state index is 12.8. The molecule has 0 aliphatic heterocycles. The van der Waals surface area contributed by atoms with E-state index in [1.54, 1.807) is 36.4 Å². The highest BCUT2D eigenvalue weighted by Crippen LogP contribution is 2.31. The van der Waals surface area contributed by atoms with Crippen LogP contribution in [-0.4, -0.2) is 28.6 Å². The zero-order valence-corrected chi connectivity index (χ0v) is 20.1. The average molecular weight is 530 g/mol. The zero-order chi connectivity index (χ0) is 23.3. The minimum atomic E-state index is -0.914. The maximum absolute atomic E-state index is 12.8. The van der Waals surface area contributed by atoms with Gasteiger partial charge in [0.1, 0.15) is 4.88 Å². The summed E-state index contributed by atoms with van der Waals surface area (Å²) in [6.45, 7) is 0. The van der Waals surface area contributed by atoms with Crippen LogP contribution in [0.3, 0.4) is 0 Å². The molecule has 0 saturated heterocycles. The number of thiophene rings is 1. The number of hydrogen-bond acceptors (Lipinski definition) is 5. The molecule has 3 rings (SSSR count). The first-order valence-electron chi connectivity index (χ1n) is 8.98. The Kier molecular flexibility index (Phi) is 8.44. The SMILES string of the molecule is O=C(O)CSCc1cc(Cl)c(C(=O)Nc2ccc(Cl)cc2C(=O)Nc2ccc(Cl)cc2)s1. The van der Waals surface area contributed by atoms with E-state index in [-0.39, 0.29) is 26.9 Å². The summed E-state index contributed by atoms with van der Waals surface area (Å²) in [4.78, 5) is 37.3. The fourth-order valence-corrected chi connectivity index (χ4v) is 5.09. The van der Waals surface area contributed by atoms with Crippen LogP contribution < -0.4 is 10.6 Å². The molecule has 1 aromatic heterocycles. The second kappa shape index (κ2) is 11.1. The van der Waals surface area contributed by atoms with Crippen molar-refractivity contribution in [2.45, 2.75) is 5.75 Å². The molecule has 0 aliphatic carbocycles. The molecule has 2 amide bonds. The molecular weight excluding hydrogens is 515 g/mol. The van der Waals surface area contributed by atoms with E-state index >= 15 is 0 Å². The molecule has 166 valence electrons. The molecule has 2 aromatic carbocycles. The second-order valence-electron chi connectivity index (χ2n) is 6.38. The van der Waals surface area contributed by atoms with Crippen LogP contribution in [0.25, 0.3) is 0 Å². The van der Waals surface area contributed by atoms with Gasteiger partial charge < -0.3 is 15.7 Å². The lowest BCUT2D eigenvalue weighted by molar-refractivity contribution is -0.133. The van der Waals surface area contributed by atoms with Gasteiger partial charge in [0, 0.05) is 26.4 Å². The van der Waals surface area contributed by atoms with Gasteiger partial charge in [-0.3, -0.25) is 14.4 Å². The van der Waals surface area contributed by atoms with Gasteiger partial charge in [0.2, 0.25) is 0 Å². The molecular formula is C21H15Cl3N2O4S2. The standard InChI is InChI=1S/C21H15Cl3N2O4S2/c22-11-1-4-13(5-2-11)25-20(29)15-7-12(23)3-6-17(15)26-21(30)19-16(24)8-14(32-19)9-31-10-18(27)28/h1-8H,9-10H2,(H,25,29)(H,26,30)(H,27,28). The summed E-state index contributed by atoms with van der Waals surface area (Å²) >= 11 is 20.5. The van der Waals surface area contributed by atoms with Crippen LogP contribution in [0.4, 0.5) is 11.4 Å². The first-order valence-corrected chi connectivity index (χ1v) is 12.1. The topological polar surface area (TPSA) is 95.5 Å². The number of carbonyl (C=O) groups excluding carboxylic acids is 2. The first-order chi connectivity index (χ1) is 15.2. The molecule has 0 spiro atoms. The Balaban J connectivity index is 1.76. The number of nitrogens with one attached hydrogen (secondary N) is 2. The van der Waals surface area contributed by atoms with Crippen LogP contribution in [0.2, 0.25) is 15.1 Å². The van der Waals surface area contributed by atoms with Crippen LogP contribution in [0.15, 0.2) is 48.5 Å². The van der Waals surface area contributed by atoms with E-state index in [0.29, 0.717) is 21.5 Å². The van der Waals surface area contributed by atoms with Crippen molar-refractivity contribution in [1.82, 2.24) is 0 Å². The number of halogens is 3. The lowest BCUT2D eigenvalue weighted by atomic mass is 10.1. The summed E-state index contributed by atoms with van der Waals surface area (Å²) in [5.74, 6) is -1.50. The van der Waals surface area contributed by atoms with Crippen molar-refractivity contribution in [1.29, 1.82) is 0 Å². The molecule has 32 heavy (non-hydrogen) atoms. The number of anilines is 2. The third kappa shape index (κ3) is 6.63. The average Bonchev–Trinajstić information content (AvgIpc) is 3.11. The van der Waals surface area contributed by atoms with Crippen LogP contribution in [0, 0.1) is 0 Å². The van der Waals surface area contributed by atoms with Crippen molar-refractivity contribution < 1.29 is 19.5 Å². The van der Waals surface area contributed by atoms with Gasteiger partial charge >= 0.3 is 5.97 Å². The summed E-state index contributed by atoms with van der Waals surface area (Å²) in [6, 6.07) is 12.8. The van der Waals surface area contributed by atoms with Crippen LogP contribution in [0.1, 0.15) is 24.9 Å². The van der Waals surface area contributed by atoms with E-state index in [1.165, 1.54) is 23.9 Å². The number of amides is 2. The fourth-order valence-electron chi connectivity index (χ4n) is 2.61. The van der Waals surface area contributed by atoms with E-state index in [2.05, 4.69) is 10.6 Å². The minimum Gasteiger partial charge on any atom is -0.481 e. The summed E-state index contributed by atoms with van der Waals surface area (Å²) in [5.41, 5.74) is 0.962. The molecule has 0 bridgehead atoms. The molecule has 11 heteroatoms.